The van der Waals surface area contributed by atoms with Crippen LogP contribution in [0.15, 0.2) is 22.7 Å². The minimum atomic E-state index is -0.212. The molecule has 0 aliphatic rings. The van der Waals surface area contributed by atoms with Crippen LogP contribution in [0.4, 0.5) is 0 Å². The highest BCUT2D eigenvalue weighted by atomic mass is 79.9. The van der Waals surface area contributed by atoms with Crippen molar-refractivity contribution in [3.63, 3.8) is 0 Å². The minimum absolute atomic E-state index is 0.211. The van der Waals surface area contributed by atoms with Gasteiger partial charge in [0, 0.05) is 22.5 Å². The van der Waals surface area contributed by atoms with Gasteiger partial charge in [0.25, 0.3) is 5.91 Å². The van der Waals surface area contributed by atoms with Crippen LogP contribution in [-0.4, -0.2) is 31.5 Å². The van der Waals surface area contributed by atoms with Crippen molar-refractivity contribution >= 4 is 45.0 Å². The van der Waals surface area contributed by atoms with Crippen molar-refractivity contribution in [2.45, 2.75) is 6.04 Å². The molecule has 94 valence electrons. The lowest BCUT2D eigenvalue weighted by Crippen LogP contribution is -2.39. The first-order chi connectivity index (χ1) is 8.08. The lowest BCUT2D eigenvalue weighted by atomic mass is 10.2. The molecule has 1 N–H and O–H groups in total. The summed E-state index contributed by atoms with van der Waals surface area (Å²) in [5.74, 6) is 0.0846. The topological polar surface area (TPSA) is 38.3 Å². The minimum Gasteiger partial charge on any atom is -0.383 e. The summed E-state index contributed by atoms with van der Waals surface area (Å²) < 4.78 is 5.60. The average molecular weight is 341 g/mol. The van der Waals surface area contributed by atoms with Crippen LogP contribution in [-0.2, 0) is 4.74 Å². The van der Waals surface area contributed by atoms with Crippen molar-refractivity contribution < 1.29 is 9.53 Å². The number of amides is 1. The number of rotatable bonds is 5. The Labute approximate surface area is 119 Å². The molecule has 1 atom stereocenters. The summed E-state index contributed by atoms with van der Waals surface area (Å²) >= 11 is 14.8. The SMILES string of the molecule is COCC(CCl)NC(=O)c1ccc(Cl)cc1Br. The predicted octanol–water partition coefficient (Wildman–Crippen LogP) is 3.09. The van der Waals surface area contributed by atoms with Crippen molar-refractivity contribution in [1.82, 2.24) is 5.32 Å². The maximum Gasteiger partial charge on any atom is 0.252 e. The molecule has 0 aliphatic heterocycles. The van der Waals surface area contributed by atoms with E-state index in [1.54, 1.807) is 25.3 Å². The first-order valence-corrected chi connectivity index (χ1v) is 6.59. The van der Waals surface area contributed by atoms with Gasteiger partial charge in [-0.05, 0) is 34.1 Å². The standard InChI is InChI=1S/C11H12BrCl2NO2/c1-17-6-8(5-13)15-11(16)9-3-2-7(14)4-10(9)12/h2-4,8H,5-6H2,1H3,(H,15,16). The van der Waals surface area contributed by atoms with Crippen molar-refractivity contribution in [3.05, 3.63) is 33.3 Å². The first kappa shape index (κ1) is 14.8. The van der Waals surface area contributed by atoms with E-state index >= 15 is 0 Å². The number of carbonyl (C=O) groups excluding carboxylic acids is 1. The first-order valence-electron chi connectivity index (χ1n) is 4.89. The van der Waals surface area contributed by atoms with E-state index in [0.717, 1.165) is 0 Å². The Bertz CT molecular complexity index is 401. The van der Waals surface area contributed by atoms with E-state index in [2.05, 4.69) is 21.2 Å². The number of carbonyl (C=O) groups is 1. The van der Waals surface area contributed by atoms with Gasteiger partial charge < -0.3 is 10.1 Å². The van der Waals surface area contributed by atoms with E-state index in [1.165, 1.54) is 0 Å². The van der Waals surface area contributed by atoms with Crippen LogP contribution in [0, 0.1) is 0 Å². The molecule has 1 unspecified atom stereocenters. The Morgan fingerprint density at radius 2 is 2.29 bits per heavy atom. The molecule has 0 saturated carbocycles. The van der Waals surface area contributed by atoms with Gasteiger partial charge >= 0.3 is 0 Å². The third kappa shape index (κ3) is 4.47. The van der Waals surface area contributed by atoms with Gasteiger partial charge in [-0.25, -0.2) is 0 Å². The largest absolute Gasteiger partial charge is 0.383 e. The van der Waals surface area contributed by atoms with Gasteiger partial charge in [-0.2, -0.15) is 0 Å². The summed E-state index contributed by atoms with van der Waals surface area (Å²) in [6, 6.07) is 4.77. The van der Waals surface area contributed by atoms with Crippen LogP contribution in [0.5, 0.6) is 0 Å². The summed E-state index contributed by atoms with van der Waals surface area (Å²) in [5, 5.41) is 3.34. The smallest absolute Gasteiger partial charge is 0.252 e. The van der Waals surface area contributed by atoms with Gasteiger partial charge in [0.15, 0.2) is 0 Å². The molecule has 3 nitrogen and oxygen atoms in total. The molecular formula is C11H12BrCl2NO2. The molecule has 0 aliphatic carbocycles. The van der Waals surface area contributed by atoms with Crippen molar-refractivity contribution in [1.29, 1.82) is 0 Å². The zero-order valence-corrected chi connectivity index (χ0v) is 12.3. The molecule has 17 heavy (non-hydrogen) atoms. The molecule has 0 bridgehead atoms. The van der Waals surface area contributed by atoms with Crippen LogP contribution in [0.25, 0.3) is 0 Å². The fourth-order valence-corrected chi connectivity index (χ4v) is 2.29. The van der Waals surface area contributed by atoms with E-state index in [4.69, 9.17) is 27.9 Å². The highest BCUT2D eigenvalue weighted by molar-refractivity contribution is 9.10. The Hall–Kier alpha value is -0.290. The van der Waals surface area contributed by atoms with Crippen molar-refractivity contribution in [2.75, 3.05) is 19.6 Å². The maximum atomic E-state index is 11.9. The third-order valence-corrected chi connectivity index (χ3v) is 3.33. The van der Waals surface area contributed by atoms with Crippen LogP contribution < -0.4 is 5.32 Å². The maximum absolute atomic E-state index is 11.9. The van der Waals surface area contributed by atoms with Crippen LogP contribution >= 0.6 is 39.1 Å². The molecule has 0 saturated heterocycles. The molecule has 1 rings (SSSR count). The quantitative estimate of drug-likeness (QED) is 0.836. The number of hydrogen-bond donors (Lipinski definition) is 1. The van der Waals surface area contributed by atoms with Crippen LogP contribution in [0.3, 0.4) is 0 Å². The van der Waals surface area contributed by atoms with E-state index in [1.807, 2.05) is 0 Å². The number of hydrogen-bond acceptors (Lipinski definition) is 2. The molecule has 1 aromatic carbocycles. The normalized spacial score (nSPS) is 12.2. The van der Waals surface area contributed by atoms with Gasteiger partial charge in [0.2, 0.25) is 0 Å². The van der Waals surface area contributed by atoms with Gasteiger partial charge in [-0.3, -0.25) is 4.79 Å². The number of methoxy groups -OCH3 is 1. The number of halogens is 3. The number of nitrogens with one attached hydrogen (secondary N) is 1. The van der Waals surface area contributed by atoms with E-state index in [0.29, 0.717) is 27.5 Å². The predicted molar refractivity (Wildman–Crippen MR) is 73.0 cm³/mol. The summed E-state index contributed by atoms with van der Waals surface area (Å²) in [7, 11) is 1.56. The zero-order valence-electron chi connectivity index (χ0n) is 9.17. The lowest BCUT2D eigenvalue weighted by molar-refractivity contribution is 0.0906. The fraction of sp³-hybridized carbons (Fsp3) is 0.364. The monoisotopic (exact) mass is 339 g/mol. The van der Waals surface area contributed by atoms with Crippen molar-refractivity contribution in [3.8, 4) is 0 Å². The molecule has 0 heterocycles. The summed E-state index contributed by atoms with van der Waals surface area (Å²) in [4.78, 5) is 11.9. The highest BCUT2D eigenvalue weighted by Crippen LogP contribution is 2.21. The number of benzene rings is 1. The van der Waals surface area contributed by atoms with E-state index in [-0.39, 0.29) is 11.9 Å². The second kappa shape index (κ2) is 7.21. The summed E-state index contributed by atoms with van der Waals surface area (Å²) in [6.45, 7) is 0.375. The molecule has 0 fully saturated rings. The Kier molecular flexibility index (Phi) is 6.27. The second-order valence-corrected chi connectivity index (χ2v) is 5.00. The Morgan fingerprint density at radius 3 is 2.82 bits per heavy atom. The Balaban J connectivity index is 2.75. The number of alkyl halides is 1. The van der Waals surface area contributed by atoms with Gasteiger partial charge in [0.1, 0.15) is 0 Å². The molecule has 6 heteroatoms. The van der Waals surface area contributed by atoms with Gasteiger partial charge in [-0.15, -0.1) is 11.6 Å². The molecule has 0 spiro atoms. The van der Waals surface area contributed by atoms with Gasteiger partial charge in [0.05, 0.1) is 18.2 Å². The van der Waals surface area contributed by atoms with E-state index < -0.39 is 0 Å². The van der Waals surface area contributed by atoms with Crippen LogP contribution in [0.2, 0.25) is 5.02 Å². The molecule has 0 radical (unpaired) electrons. The third-order valence-electron chi connectivity index (χ3n) is 2.07. The fourth-order valence-electron chi connectivity index (χ4n) is 1.26. The molecular weight excluding hydrogens is 329 g/mol. The zero-order chi connectivity index (χ0) is 12.8. The van der Waals surface area contributed by atoms with Crippen molar-refractivity contribution in [2.24, 2.45) is 0 Å². The lowest BCUT2D eigenvalue weighted by Gasteiger charge is -2.15. The average Bonchev–Trinajstić information content (AvgIpc) is 2.28. The Morgan fingerprint density at radius 1 is 1.59 bits per heavy atom. The molecule has 0 aromatic heterocycles. The summed E-state index contributed by atoms with van der Waals surface area (Å²) in [6.07, 6.45) is 0. The number of ether oxygens (including phenoxy) is 1. The highest BCUT2D eigenvalue weighted by Gasteiger charge is 2.15. The van der Waals surface area contributed by atoms with E-state index in [9.17, 15) is 4.79 Å². The second-order valence-electron chi connectivity index (χ2n) is 3.40. The molecule has 1 amide bonds. The summed E-state index contributed by atoms with van der Waals surface area (Å²) in [5.41, 5.74) is 0.514. The molecule has 1 aromatic rings. The van der Waals surface area contributed by atoms with Crippen LogP contribution in [0.1, 0.15) is 10.4 Å². The van der Waals surface area contributed by atoms with Gasteiger partial charge in [-0.1, -0.05) is 11.6 Å².